The summed E-state index contributed by atoms with van der Waals surface area (Å²) in [5, 5.41) is 8.54. The minimum Gasteiger partial charge on any atom is -0.480 e. The molecule has 1 N–H and O–H groups in total. The Labute approximate surface area is 80.4 Å². The first-order valence-electron chi connectivity index (χ1n) is 4.39. The Morgan fingerprint density at radius 1 is 1.64 bits per heavy atom. The summed E-state index contributed by atoms with van der Waals surface area (Å²) in [5.74, 6) is -1.03. The maximum atomic E-state index is 11.3. The van der Waals surface area contributed by atoms with Crippen molar-refractivity contribution in [2.24, 2.45) is 0 Å². The molecule has 0 aromatic heterocycles. The number of amides is 1. The highest BCUT2D eigenvalue weighted by Crippen LogP contribution is 2.30. The first kappa shape index (κ1) is 9.26. The van der Waals surface area contributed by atoms with Gasteiger partial charge in [-0.3, -0.25) is 9.69 Å². The van der Waals surface area contributed by atoms with Gasteiger partial charge in [0, 0.05) is 6.42 Å². The van der Waals surface area contributed by atoms with Crippen LogP contribution in [0.2, 0.25) is 0 Å². The van der Waals surface area contributed by atoms with E-state index in [4.69, 9.17) is 14.6 Å². The van der Waals surface area contributed by atoms with Crippen molar-refractivity contribution in [2.75, 3.05) is 26.3 Å². The Balaban J connectivity index is 2.02. The number of nitrogens with zero attached hydrogens (tertiary/aromatic N) is 1. The van der Waals surface area contributed by atoms with E-state index in [2.05, 4.69) is 0 Å². The number of hydrogen-bond donors (Lipinski definition) is 1. The zero-order chi connectivity index (χ0) is 10.2. The summed E-state index contributed by atoms with van der Waals surface area (Å²) in [6, 6.07) is 0. The van der Waals surface area contributed by atoms with E-state index in [1.165, 1.54) is 4.90 Å². The second-order valence-electron chi connectivity index (χ2n) is 3.60. The Kier molecular flexibility index (Phi) is 2.07. The average molecular weight is 201 g/mol. The first-order valence-corrected chi connectivity index (χ1v) is 4.39. The van der Waals surface area contributed by atoms with Crippen molar-refractivity contribution in [3.63, 3.8) is 0 Å². The lowest BCUT2D eigenvalue weighted by atomic mass is 10.0. The lowest BCUT2D eigenvalue weighted by Crippen LogP contribution is -2.36. The van der Waals surface area contributed by atoms with Gasteiger partial charge in [0.05, 0.1) is 19.8 Å². The summed E-state index contributed by atoms with van der Waals surface area (Å²) >= 11 is 0. The third-order valence-electron chi connectivity index (χ3n) is 2.43. The third kappa shape index (κ3) is 1.52. The normalized spacial score (nSPS) is 31.1. The highest BCUT2D eigenvalue weighted by atomic mass is 16.6. The summed E-state index contributed by atoms with van der Waals surface area (Å²) < 4.78 is 10.3. The van der Waals surface area contributed by atoms with Crippen molar-refractivity contribution in [3.05, 3.63) is 0 Å². The van der Waals surface area contributed by atoms with Gasteiger partial charge in [0.2, 0.25) is 0 Å². The van der Waals surface area contributed by atoms with Crippen LogP contribution in [0.3, 0.4) is 0 Å². The molecule has 0 radical (unpaired) electrons. The van der Waals surface area contributed by atoms with Gasteiger partial charge in [-0.1, -0.05) is 0 Å². The van der Waals surface area contributed by atoms with Crippen LogP contribution in [0.5, 0.6) is 0 Å². The van der Waals surface area contributed by atoms with Crippen LogP contribution in [-0.4, -0.2) is 54.0 Å². The predicted octanol–water partition coefficient (Wildman–Crippen LogP) is -0.318. The highest BCUT2D eigenvalue weighted by Gasteiger charge is 2.48. The van der Waals surface area contributed by atoms with Crippen LogP contribution < -0.4 is 0 Å². The zero-order valence-corrected chi connectivity index (χ0v) is 7.56. The summed E-state index contributed by atoms with van der Waals surface area (Å²) in [5.41, 5.74) is -0.591. The molecule has 1 atom stereocenters. The maximum absolute atomic E-state index is 11.3. The van der Waals surface area contributed by atoms with Crippen molar-refractivity contribution in [1.29, 1.82) is 0 Å². The van der Waals surface area contributed by atoms with Gasteiger partial charge in [0.1, 0.15) is 6.54 Å². The van der Waals surface area contributed by atoms with E-state index in [0.717, 1.165) is 0 Å². The SMILES string of the molecule is O=C(O)CN1CC2(CCOC2)OC1=O. The average Bonchev–Trinajstić information content (AvgIpc) is 2.61. The molecule has 2 saturated heterocycles. The molecule has 6 nitrogen and oxygen atoms in total. The van der Waals surface area contributed by atoms with Gasteiger partial charge in [-0.2, -0.15) is 0 Å². The molecule has 1 spiro atoms. The van der Waals surface area contributed by atoms with Crippen molar-refractivity contribution in [1.82, 2.24) is 4.90 Å². The van der Waals surface area contributed by atoms with Gasteiger partial charge in [-0.15, -0.1) is 0 Å². The fourth-order valence-electron chi connectivity index (χ4n) is 1.77. The van der Waals surface area contributed by atoms with Gasteiger partial charge in [0.15, 0.2) is 5.60 Å². The molecular weight excluding hydrogens is 190 g/mol. The van der Waals surface area contributed by atoms with Crippen molar-refractivity contribution < 1.29 is 24.2 Å². The number of carbonyl (C=O) groups excluding carboxylic acids is 1. The maximum Gasteiger partial charge on any atom is 0.411 e. The molecular formula is C8H11NO5. The lowest BCUT2D eigenvalue weighted by molar-refractivity contribution is -0.137. The highest BCUT2D eigenvalue weighted by molar-refractivity contribution is 5.78. The molecule has 2 heterocycles. The van der Waals surface area contributed by atoms with Crippen LogP contribution in [0, 0.1) is 0 Å². The summed E-state index contributed by atoms with van der Waals surface area (Å²) in [7, 11) is 0. The van der Waals surface area contributed by atoms with Crippen LogP contribution in [0.25, 0.3) is 0 Å². The molecule has 0 aromatic carbocycles. The zero-order valence-electron chi connectivity index (χ0n) is 7.56. The molecule has 1 unspecified atom stereocenters. The number of ether oxygens (including phenoxy) is 2. The number of aliphatic carboxylic acids is 1. The molecule has 2 fully saturated rings. The number of carboxylic acids is 1. The quantitative estimate of drug-likeness (QED) is 0.662. The molecule has 14 heavy (non-hydrogen) atoms. The van der Waals surface area contributed by atoms with Gasteiger partial charge in [-0.05, 0) is 0 Å². The fraction of sp³-hybridized carbons (Fsp3) is 0.750. The van der Waals surface area contributed by atoms with Crippen LogP contribution in [0.1, 0.15) is 6.42 Å². The smallest absolute Gasteiger partial charge is 0.411 e. The van der Waals surface area contributed by atoms with Gasteiger partial charge in [0.25, 0.3) is 0 Å². The first-order chi connectivity index (χ1) is 6.61. The summed E-state index contributed by atoms with van der Waals surface area (Å²) in [6.45, 7) is 0.946. The van der Waals surface area contributed by atoms with Gasteiger partial charge in [-0.25, -0.2) is 4.79 Å². The molecule has 78 valence electrons. The molecule has 0 saturated carbocycles. The minimum absolute atomic E-state index is 0.305. The summed E-state index contributed by atoms with van der Waals surface area (Å²) in [4.78, 5) is 22.9. The van der Waals surface area contributed by atoms with Crippen LogP contribution in [0.4, 0.5) is 4.79 Å². The number of rotatable bonds is 2. The van der Waals surface area contributed by atoms with E-state index >= 15 is 0 Å². The molecule has 2 aliphatic heterocycles. The Hall–Kier alpha value is -1.30. The second-order valence-corrected chi connectivity index (χ2v) is 3.60. The molecule has 2 aliphatic rings. The second kappa shape index (κ2) is 3.13. The van der Waals surface area contributed by atoms with E-state index in [-0.39, 0.29) is 6.54 Å². The van der Waals surface area contributed by atoms with E-state index in [1.54, 1.807) is 0 Å². The summed E-state index contributed by atoms with van der Waals surface area (Å²) in [6.07, 6.45) is 0.0902. The van der Waals surface area contributed by atoms with E-state index in [1.807, 2.05) is 0 Å². The van der Waals surface area contributed by atoms with Crippen molar-refractivity contribution in [3.8, 4) is 0 Å². The van der Waals surface area contributed by atoms with Crippen LogP contribution in [-0.2, 0) is 14.3 Å². The van der Waals surface area contributed by atoms with Gasteiger partial charge < -0.3 is 14.6 Å². The van der Waals surface area contributed by atoms with Crippen LogP contribution >= 0.6 is 0 Å². The fourth-order valence-corrected chi connectivity index (χ4v) is 1.77. The Bertz CT molecular complexity index is 271. The molecule has 0 aromatic rings. The van der Waals surface area contributed by atoms with Crippen molar-refractivity contribution in [2.45, 2.75) is 12.0 Å². The molecule has 0 aliphatic carbocycles. The largest absolute Gasteiger partial charge is 0.480 e. The number of carboxylic acid groups (broad SMARTS) is 1. The van der Waals surface area contributed by atoms with Gasteiger partial charge >= 0.3 is 12.1 Å². The third-order valence-corrected chi connectivity index (χ3v) is 2.43. The predicted molar refractivity (Wildman–Crippen MR) is 43.9 cm³/mol. The van der Waals surface area contributed by atoms with E-state index < -0.39 is 17.7 Å². The molecule has 6 heteroatoms. The Morgan fingerprint density at radius 2 is 2.43 bits per heavy atom. The Morgan fingerprint density at radius 3 is 3.00 bits per heavy atom. The van der Waals surface area contributed by atoms with Crippen molar-refractivity contribution >= 4 is 12.1 Å². The lowest BCUT2D eigenvalue weighted by Gasteiger charge is -2.17. The number of carbonyl (C=O) groups is 2. The topological polar surface area (TPSA) is 76.1 Å². The van der Waals surface area contributed by atoms with E-state index in [9.17, 15) is 9.59 Å². The monoisotopic (exact) mass is 201 g/mol. The standard InChI is InChI=1S/C8H11NO5/c10-6(11)3-9-4-8(14-7(9)12)1-2-13-5-8/h1-5H2,(H,10,11). The molecule has 0 bridgehead atoms. The molecule has 1 amide bonds. The molecule has 2 rings (SSSR count). The van der Waals surface area contributed by atoms with E-state index in [0.29, 0.717) is 26.2 Å². The number of hydrogen-bond acceptors (Lipinski definition) is 4. The minimum atomic E-state index is -1.03. The van der Waals surface area contributed by atoms with Crippen LogP contribution in [0.15, 0.2) is 0 Å².